The highest BCUT2D eigenvalue weighted by Crippen LogP contribution is 2.21. The molecule has 1 N–H and O–H groups in total. The average molecular weight is 280 g/mol. The van der Waals surface area contributed by atoms with Crippen molar-refractivity contribution in [1.82, 2.24) is 5.32 Å². The number of amides is 1. The van der Waals surface area contributed by atoms with Crippen LogP contribution in [0.3, 0.4) is 0 Å². The monoisotopic (exact) mass is 279 g/mol. The van der Waals surface area contributed by atoms with Crippen molar-refractivity contribution in [2.45, 2.75) is 26.3 Å². The minimum atomic E-state index is -0.0688. The molecule has 0 aliphatic rings. The summed E-state index contributed by atoms with van der Waals surface area (Å²) in [6.45, 7) is 4.14. The van der Waals surface area contributed by atoms with E-state index in [1.54, 1.807) is 12.1 Å². The molecule has 0 saturated carbocycles. The van der Waals surface area contributed by atoms with Crippen LogP contribution < -0.4 is 5.32 Å². The molecule has 1 aromatic rings. The lowest BCUT2D eigenvalue weighted by molar-refractivity contribution is 0.0929. The van der Waals surface area contributed by atoms with E-state index in [2.05, 4.69) is 19.2 Å². The van der Waals surface area contributed by atoms with Crippen LogP contribution in [-0.2, 0) is 0 Å². The summed E-state index contributed by atoms with van der Waals surface area (Å²) in [7, 11) is 0. The Kier molecular flexibility index (Phi) is 5.59. The highest BCUT2D eigenvalue weighted by atomic mass is 35.5. The number of carbonyl (C=O) groups excluding carboxylic acids is 1. The summed E-state index contributed by atoms with van der Waals surface area (Å²) in [5, 5.41) is 2.98. The molecule has 90 valence electrons. The Bertz CT molecular complexity index is 352. The van der Waals surface area contributed by atoms with Gasteiger partial charge in [-0.15, -0.1) is 22.9 Å². The predicted molar refractivity (Wildman–Crippen MR) is 70.8 cm³/mol. The molecule has 1 rings (SSSR count). The molecule has 0 saturated heterocycles. The van der Waals surface area contributed by atoms with Crippen molar-refractivity contribution in [3.8, 4) is 0 Å². The van der Waals surface area contributed by atoms with Crippen molar-refractivity contribution < 1.29 is 4.79 Å². The normalized spacial score (nSPS) is 12.8. The summed E-state index contributed by atoms with van der Waals surface area (Å²) in [5.74, 6) is 0.854. The maximum atomic E-state index is 11.8. The van der Waals surface area contributed by atoms with Gasteiger partial charge >= 0.3 is 0 Å². The van der Waals surface area contributed by atoms with Gasteiger partial charge in [0.2, 0.25) is 0 Å². The Balaban J connectivity index is 2.61. The van der Waals surface area contributed by atoms with Crippen molar-refractivity contribution in [2.75, 3.05) is 5.88 Å². The van der Waals surface area contributed by atoms with Gasteiger partial charge in [-0.1, -0.05) is 25.4 Å². The zero-order valence-electron chi connectivity index (χ0n) is 9.30. The second-order valence-electron chi connectivity index (χ2n) is 3.91. The zero-order valence-corrected chi connectivity index (χ0v) is 11.6. The van der Waals surface area contributed by atoms with Crippen LogP contribution in [0.4, 0.5) is 0 Å². The van der Waals surface area contributed by atoms with Crippen LogP contribution in [0.1, 0.15) is 29.9 Å². The first-order valence-corrected chi connectivity index (χ1v) is 6.89. The molecule has 0 radical (unpaired) electrons. The van der Waals surface area contributed by atoms with Gasteiger partial charge < -0.3 is 5.32 Å². The summed E-state index contributed by atoms with van der Waals surface area (Å²) in [6, 6.07) is 3.58. The van der Waals surface area contributed by atoms with Crippen LogP contribution in [0.25, 0.3) is 0 Å². The second kappa shape index (κ2) is 6.48. The molecule has 2 nitrogen and oxygen atoms in total. The number of carbonyl (C=O) groups is 1. The Morgan fingerprint density at radius 2 is 2.19 bits per heavy atom. The molecule has 0 aliphatic carbocycles. The lowest BCUT2D eigenvalue weighted by atomic mass is 10.0. The third kappa shape index (κ3) is 3.96. The molecule has 16 heavy (non-hydrogen) atoms. The number of hydrogen-bond donors (Lipinski definition) is 1. The van der Waals surface area contributed by atoms with Gasteiger partial charge in [0.1, 0.15) is 0 Å². The van der Waals surface area contributed by atoms with Crippen LogP contribution in [0.15, 0.2) is 12.1 Å². The topological polar surface area (TPSA) is 29.1 Å². The molecule has 0 bridgehead atoms. The molecule has 1 unspecified atom stereocenters. The first-order valence-electron chi connectivity index (χ1n) is 5.16. The fraction of sp³-hybridized carbons (Fsp3) is 0.545. The van der Waals surface area contributed by atoms with E-state index in [9.17, 15) is 4.79 Å². The Labute approximate surface area is 110 Å². The van der Waals surface area contributed by atoms with Crippen LogP contribution >= 0.6 is 34.5 Å². The number of alkyl halides is 1. The van der Waals surface area contributed by atoms with Crippen molar-refractivity contribution in [3.05, 3.63) is 21.3 Å². The van der Waals surface area contributed by atoms with Crippen LogP contribution in [0.5, 0.6) is 0 Å². The molecule has 1 amide bonds. The summed E-state index contributed by atoms with van der Waals surface area (Å²) < 4.78 is 0.628. The van der Waals surface area contributed by atoms with Crippen LogP contribution in [-0.4, -0.2) is 17.8 Å². The van der Waals surface area contributed by atoms with E-state index in [-0.39, 0.29) is 11.9 Å². The van der Waals surface area contributed by atoms with Gasteiger partial charge in [0.15, 0.2) is 0 Å². The quantitative estimate of drug-likeness (QED) is 0.817. The van der Waals surface area contributed by atoms with E-state index in [0.717, 1.165) is 6.42 Å². The Hall–Kier alpha value is -0.250. The molecule has 0 aliphatic heterocycles. The van der Waals surface area contributed by atoms with E-state index < -0.39 is 0 Å². The van der Waals surface area contributed by atoms with Gasteiger partial charge in [0.05, 0.1) is 9.21 Å². The molecule has 5 heteroatoms. The molecule has 1 atom stereocenters. The highest BCUT2D eigenvalue weighted by Gasteiger charge is 2.17. The van der Waals surface area contributed by atoms with Crippen LogP contribution in [0, 0.1) is 5.92 Å². The molecule has 1 heterocycles. The number of hydrogen-bond acceptors (Lipinski definition) is 2. The minimum absolute atomic E-state index is 0.0688. The summed E-state index contributed by atoms with van der Waals surface area (Å²) >= 11 is 12.8. The van der Waals surface area contributed by atoms with Gasteiger partial charge in [0.25, 0.3) is 5.91 Å². The third-order valence-corrected chi connectivity index (χ3v) is 3.79. The predicted octanol–water partition coefficient (Wildman–Crippen LogP) is 3.78. The van der Waals surface area contributed by atoms with E-state index in [4.69, 9.17) is 23.2 Å². The van der Waals surface area contributed by atoms with Crippen molar-refractivity contribution in [3.63, 3.8) is 0 Å². The molecule has 0 aromatic carbocycles. The minimum Gasteiger partial charge on any atom is -0.348 e. The van der Waals surface area contributed by atoms with Gasteiger partial charge in [-0.25, -0.2) is 0 Å². The summed E-state index contributed by atoms with van der Waals surface area (Å²) in [6.07, 6.45) is 0.782. The first-order chi connectivity index (χ1) is 7.54. The molecule has 0 fully saturated rings. The van der Waals surface area contributed by atoms with E-state index in [1.807, 2.05) is 0 Å². The van der Waals surface area contributed by atoms with Gasteiger partial charge in [-0.05, 0) is 24.5 Å². The second-order valence-corrected chi connectivity index (χ2v) is 6.00. The highest BCUT2D eigenvalue weighted by molar-refractivity contribution is 7.17. The number of nitrogens with one attached hydrogen (secondary N) is 1. The molecular formula is C11H15Cl2NOS. The third-order valence-electron chi connectivity index (χ3n) is 2.34. The van der Waals surface area contributed by atoms with Crippen molar-refractivity contribution in [2.24, 2.45) is 5.92 Å². The Morgan fingerprint density at radius 3 is 2.62 bits per heavy atom. The van der Waals surface area contributed by atoms with Crippen LogP contribution in [0.2, 0.25) is 4.34 Å². The fourth-order valence-corrected chi connectivity index (χ4v) is 2.55. The molecular weight excluding hydrogens is 265 g/mol. The number of rotatable bonds is 5. The summed E-state index contributed by atoms with van der Waals surface area (Å²) in [5.41, 5.74) is 0. The average Bonchev–Trinajstić information content (AvgIpc) is 2.64. The smallest absolute Gasteiger partial charge is 0.261 e. The van der Waals surface area contributed by atoms with Gasteiger partial charge in [-0.3, -0.25) is 4.79 Å². The van der Waals surface area contributed by atoms with Crippen molar-refractivity contribution in [1.29, 1.82) is 0 Å². The van der Waals surface area contributed by atoms with E-state index in [1.165, 1.54) is 11.3 Å². The molecule has 1 aromatic heterocycles. The lowest BCUT2D eigenvalue weighted by Crippen LogP contribution is -2.38. The largest absolute Gasteiger partial charge is 0.348 e. The Morgan fingerprint density at radius 1 is 1.50 bits per heavy atom. The van der Waals surface area contributed by atoms with E-state index in [0.29, 0.717) is 21.0 Å². The number of thiophene rings is 1. The fourth-order valence-electron chi connectivity index (χ4n) is 1.37. The van der Waals surface area contributed by atoms with E-state index >= 15 is 0 Å². The summed E-state index contributed by atoms with van der Waals surface area (Å²) in [4.78, 5) is 12.5. The first kappa shape index (κ1) is 13.8. The zero-order chi connectivity index (χ0) is 12.1. The lowest BCUT2D eigenvalue weighted by Gasteiger charge is -2.20. The number of halogens is 2. The van der Waals surface area contributed by atoms with Crippen molar-refractivity contribution >= 4 is 40.4 Å². The maximum absolute atomic E-state index is 11.8. The standard InChI is InChI=1S/C11H15Cl2NOS/c1-7(2)8(5-6-12)14-11(15)9-3-4-10(13)16-9/h3-4,7-8H,5-6H2,1-2H3,(H,14,15). The van der Waals surface area contributed by atoms with Gasteiger partial charge in [-0.2, -0.15) is 0 Å². The van der Waals surface area contributed by atoms with Gasteiger partial charge in [0, 0.05) is 11.9 Å². The molecule has 0 spiro atoms. The SMILES string of the molecule is CC(C)C(CCCl)NC(=O)c1ccc(Cl)s1. The maximum Gasteiger partial charge on any atom is 0.261 e.